The summed E-state index contributed by atoms with van der Waals surface area (Å²) in [4.78, 5) is 0. The summed E-state index contributed by atoms with van der Waals surface area (Å²) in [6.07, 6.45) is 4.72. The van der Waals surface area contributed by atoms with Gasteiger partial charge in [-0.3, -0.25) is 0 Å². The van der Waals surface area contributed by atoms with Crippen LogP contribution in [0.4, 0.5) is 5.69 Å². The Balaban J connectivity index is 2.41. The van der Waals surface area contributed by atoms with Crippen LogP contribution in [0.3, 0.4) is 0 Å². The Morgan fingerprint density at radius 3 is 2.72 bits per heavy atom. The lowest BCUT2D eigenvalue weighted by molar-refractivity contribution is 0.242. The first-order chi connectivity index (χ1) is 8.63. The number of hydrogen-bond donors (Lipinski definition) is 1. The number of ether oxygens (including phenoxy) is 1. The molecule has 0 saturated carbocycles. The van der Waals surface area contributed by atoms with Crippen molar-refractivity contribution in [1.29, 1.82) is 0 Å². The van der Waals surface area contributed by atoms with E-state index in [4.69, 9.17) is 16.3 Å². The van der Waals surface area contributed by atoms with Gasteiger partial charge in [-0.05, 0) is 56.9 Å². The molecule has 0 heterocycles. The Morgan fingerprint density at radius 1 is 1.33 bits per heavy atom. The van der Waals surface area contributed by atoms with Crippen molar-refractivity contribution in [2.24, 2.45) is 0 Å². The average Bonchev–Trinajstić information content (AvgIpc) is 2.32. The molecule has 0 atom stereocenters. The summed E-state index contributed by atoms with van der Waals surface area (Å²) >= 11 is 8.06. The number of unbranched alkanes of at least 4 members (excludes halogenated alkanes) is 1. The molecular weight excluding hydrogens is 266 g/mol. The maximum absolute atomic E-state index is 6.17. The molecule has 4 heteroatoms. The zero-order valence-electron chi connectivity index (χ0n) is 11.3. The Labute approximate surface area is 119 Å². The topological polar surface area (TPSA) is 21.3 Å². The van der Waals surface area contributed by atoms with Gasteiger partial charge in [0.25, 0.3) is 0 Å². The molecule has 0 aliphatic carbocycles. The quantitative estimate of drug-likeness (QED) is 0.701. The number of benzene rings is 1. The monoisotopic (exact) mass is 287 g/mol. The van der Waals surface area contributed by atoms with Gasteiger partial charge in [-0.25, -0.2) is 0 Å². The minimum atomic E-state index is 0.146. The SMILES string of the molecule is CSCCCCNc1ccc(OC(C)C)c(Cl)c1. The molecule has 1 aromatic carbocycles. The maximum atomic E-state index is 6.17. The van der Waals surface area contributed by atoms with Gasteiger partial charge in [0.2, 0.25) is 0 Å². The number of halogens is 1. The minimum absolute atomic E-state index is 0.146. The Hall–Kier alpha value is -0.540. The second kappa shape index (κ2) is 8.54. The zero-order chi connectivity index (χ0) is 13.4. The molecule has 1 N–H and O–H groups in total. The predicted octanol–water partition coefficient (Wildman–Crippen LogP) is 4.68. The van der Waals surface area contributed by atoms with E-state index in [9.17, 15) is 0 Å². The Kier molecular flexibility index (Phi) is 7.36. The van der Waals surface area contributed by atoms with E-state index in [1.165, 1.54) is 18.6 Å². The summed E-state index contributed by atoms with van der Waals surface area (Å²) in [6.45, 7) is 4.98. The lowest BCUT2D eigenvalue weighted by Crippen LogP contribution is -2.06. The van der Waals surface area contributed by atoms with E-state index >= 15 is 0 Å². The lowest BCUT2D eigenvalue weighted by Gasteiger charge is -2.13. The first kappa shape index (κ1) is 15.5. The van der Waals surface area contributed by atoms with E-state index in [0.29, 0.717) is 5.02 Å². The number of hydrogen-bond acceptors (Lipinski definition) is 3. The summed E-state index contributed by atoms with van der Waals surface area (Å²) in [5.41, 5.74) is 1.06. The van der Waals surface area contributed by atoms with Gasteiger partial charge < -0.3 is 10.1 Å². The van der Waals surface area contributed by atoms with Gasteiger partial charge in [0.1, 0.15) is 5.75 Å². The van der Waals surface area contributed by atoms with Crippen LogP contribution >= 0.6 is 23.4 Å². The van der Waals surface area contributed by atoms with Crippen molar-refractivity contribution >= 4 is 29.1 Å². The van der Waals surface area contributed by atoms with Crippen LogP contribution in [-0.2, 0) is 0 Å². The molecule has 0 spiro atoms. The molecule has 0 fully saturated rings. The predicted molar refractivity (Wildman–Crippen MR) is 83.3 cm³/mol. The molecule has 0 saturated heterocycles. The van der Waals surface area contributed by atoms with Crippen LogP contribution in [-0.4, -0.2) is 24.7 Å². The van der Waals surface area contributed by atoms with Crippen LogP contribution in [0.25, 0.3) is 0 Å². The number of anilines is 1. The smallest absolute Gasteiger partial charge is 0.138 e. The fourth-order valence-corrected chi connectivity index (χ4v) is 2.28. The molecular formula is C14H22ClNOS. The summed E-state index contributed by atoms with van der Waals surface area (Å²) in [7, 11) is 0. The van der Waals surface area contributed by atoms with Crippen molar-refractivity contribution in [2.75, 3.05) is 23.9 Å². The van der Waals surface area contributed by atoms with Crippen molar-refractivity contribution in [3.63, 3.8) is 0 Å². The third kappa shape index (κ3) is 5.87. The molecule has 0 bridgehead atoms. The van der Waals surface area contributed by atoms with E-state index in [2.05, 4.69) is 11.6 Å². The van der Waals surface area contributed by atoms with E-state index in [0.717, 1.165) is 18.0 Å². The first-order valence-electron chi connectivity index (χ1n) is 6.32. The van der Waals surface area contributed by atoms with Gasteiger partial charge in [0, 0.05) is 12.2 Å². The lowest BCUT2D eigenvalue weighted by atomic mass is 10.2. The molecule has 0 aromatic heterocycles. The molecule has 18 heavy (non-hydrogen) atoms. The summed E-state index contributed by atoms with van der Waals surface area (Å²) < 4.78 is 5.60. The molecule has 0 aliphatic rings. The highest BCUT2D eigenvalue weighted by Crippen LogP contribution is 2.28. The van der Waals surface area contributed by atoms with Gasteiger partial charge in [-0.1, -0.05) is 11.6 Å². The van der Waals surface area contributed by atoms with E-state index in [1.807, 2.05) is 43.8 Å². The van der Waals surface area contributed by atoms with Gasteiger partial charge in [-0.15, -0.1) is 0 Å². The van der Waals surface area contributed by atoms with Crippen LogP contribution < -0.4 is 10.1 Å². The molecule has 1 rings (SSSR count). The third-order valence-electron chi connectivity index (χ3n) is 2.40. The fraction of sp³-hybridized carbons (Fsp3) is 0.571. The number of thioether (sulfide) groups is 1. The maximum Gasteiger partial charge on any atom is 0.138 e. The molecule has 0 unspecified atom stereocenters. The van der Waals surface area contributed by atoms with Crippen LogP contribution in [0, 0.1) is 0 Å². The molecule has 0 amide bonds. The first-order valence-corrected chi connectivity index (χ1v) is 8.09. The Bertz CT molecular complexity index is 358. The average molecular weight is 288 g/mol. The summed E-state index contributed by atoms with van der Waals surface area (Å²) in [5, 5.41) is 4.04. The molecule has 2 nitrogen and oxygen atoms in total. The molecule has 0 aliphatic heterocycles. The van der Waals surface area contributed by atoms with Crippen molar-refractivity contribution in [3.05, 3.63) is 23.2 Å². The number of nitrogens with one attached hydrogen (secondary N) is 1. The highest BCUT2D eigenvalue weighted by molar-refractivity contribution is 7.98. The van der Waals surface area contributed by atoms with Gasteiger partial charge in [0.15, 0.2) is 0 Å². The van der Waals surface area contributed by atoms with Gasteiger partial charge in [-0.2, -0.15) is 11.8 Å². The fourth-order valence-electron chi connectivity index (χ4n) is 1.56. The van der Waals surface area contributed by atoms with E-state index < -0.39 is 0 Å². The van der Waals surface area contributed by atoms with Crippen molar-refractivity contribution in [1.82, 2.24) is 0 Å². The van der Waals surface area contributed by atoms with Gasteiger partial charge in [0.05, 0.1) is 11.1 Å². The Morgan fingerprint density at radius 2 is 2.11 bits per heavy atom. The third-order valence-corrected chi connectivity index (χ3v) is 3.39. The minimum Gasteiger partial charge on any atom is -0.489 e. The summed E-state index contributed by atoms with van der Waals surface area (Å²) in [6, 6.07) is 5.86. The normalized spacial score (nSPS) is 10.7. The number of rotatable bonds is 8. The standard InChI is InChI=1S/C14H22ClNOS/c1-11(2)17-14-7-6-12(10-13(14)15)16-8-4-5-9-18-3/h6-7,10-11,16H,4-5,8-9H2,1-3H3. The van der Waals surface area contributed by atoms with Crippen LogP contribution in [0.2, 0.25) is 5.02 Å². The van der Waals surface area contributed by atoms with E-state index in [1.54, 1.807) is 0 Å². The van der Waals surface area contributed by atoms with Crippen molar-refractivity contribution in [3.8, 4) is 5.75 Å². The highest BCUT2D eigenvalue weighted by atomic mass is 35.5. The molecule has 1 aromatic rings. The van der Waals surface area contributed by atoms with Crippen LogP contribution in [0.15, 0.2) is 18.2 Å². The summed E-state index contributed by atoms with van der Waals surface area (Å²) in [5.74, 6) is 1.98. The van der Waals surface area contributed by atoms with Crippen LogP contribution in [0.1, 0.15) is 26.7 Å². The molecule has 0 radical (unpaired) electrons. The van der Waals surface area contributed by atoms with E-state index in [-0.39, 0.29) is 6.10 Å². The van der Waals surface area contributed by atoms with Gasteiger partial charge >= 0.3 is 0 Å². The van der Waals surface area contributed by atoms with Crippen molar-refractivity contribution in [2.45, 2.75) is 32.8 Å². The highest BCUT2D eigenvalue weighted by Gasteiger charge is 2.04. The zero-order valence-corrected chi connectivity index (χ0v) is 12.9. The second-order valence-corrected chi connectivity index (χ2v) is 5.83. The second-order valence-electron chi connectivity index (χ2n) is 4.44. The van der Waals surface area contributed by atoms with Crippen molar-refractivity contribution < 1.29 is 4.74 Å². The largest absolute Gasteiger partial charge is 0.489 e. The van der Waals surface area contributed by atoms with Crippen LogP contribution in [0.5, 0.6) is 5.75 Å². The molecule has 102 valence electrons.